The minimum Gasteiger partial charge on any atom is -0.391 e. The van der Waals surface area contributed by atoms with Gasteiger partial charge in [-0.15, -0.1) is 11.3 Å². The van der Waals surface area contributed by atoms with Crippen molar-refractivity contribution in [2.45, 2.75) is 44.2 Å². The van der Waals surface area contributed by atoms with Gasteiger partial charge in [-0.05, 0) is 37.8 Å². The number of aliphatic hydroxyl groups excluding tert-OH is 1. The van der Waals surface area contributed by atoms with Crippen molar-refractivity contribution in [3.63, 3.8) is 0 Å². The van der Waals surface area contributed by atoms with Crippen molar-refractivity contribution in [2.24, 2.45) is 0 Å². The molecular formula is C13H21NOS. The molecule has 0 saturated heterocycles. The number of rotatable bonds is 4. The smallest absolute Gasteiger partial charge is 0.0695 e. The molecule has 0 spiro atoms. The third-order valence-corrected chi connectivity index (χ3v) is 4.49. The summed E-state index contributed by atoms with van der Waals surface area (Å²) in [7, 11) is 2.15. The Hall–Kier alpha value is -0.380. The molecule has 1 heterocycles. The molecule has 1 aromatic rings. The topological polar surface area (TPSA) is 23.5 Å². The predicted molar refractivity (Wildman–Crippen MR) is 68.9 cm³/mol. The Kier molecular flexibility index (Phi) is 4.38. The molecule has 0 bridgehead atoms. The summed E-state index contributed by atoms with van der Waals surface area (Å²) in [5, 5.41) is 12.1. The molecule has 1 saturated carbocycles. The van der Waals surface area contributed by atoms with Crippen molar-refractivity contribution >= 4 is 11.3 Å². The number of aliphatic hydroxyl groups is 1. The van der Waals surface area contributed by atoms with Gasteiger partial charge in [0.2, 0.25) is 0 Å². The molecule has 2 atom stereocenters. The van der Waals surface area contributed by atoms with Crippen molar-refractivity contribution in [1.29, 1.82) is 0 Å². The van der Waals surface area contributed by atoms with Crippen LogP contribution in [0.1, 0.15) is 30.6 Å². The highest BCUT2D eigenvalue weighted by atomic mass is 32.1. The lowest BCUT2D eigenvalue weighted by molar-refractivity contribution is 0.0328. The molecule has 2 rings (SSSR count). The zero-order chi connectivity index (χ0) is 11.4. The van der Waals surface area contributed by atoms with Crippen molar-refractivity contribution in [1.82, 2.24) is 4.90 Å². The number of thiophene rings is 1. The first-order valence-corrected chi connectivity index (χ1v) is 7.06. The van der Waals surface area contributed by atoms with Gasteiger partial charge in [0.1, 0.15) is 0 Å². The van der Waals surface area contributed by atoms with Gasteiger partial charge in [0.25, 0.3) is 0 Å². The molecule has 0 aliphatic heterocycles. The van der Waals surface area contributed by atoms with E-state index in [1.807, 2.05) is 11.3 Å². The molecule has 3 heteroatoms. The van der Waals surface area contributed by atoms with E-state index in [9.17, 15) is 5.11 Å². The van der Waals surface area contributed by atoms with Crippen LogP contribution >= 0.6 is 11.3 Å². The van der Waals surface area contributed by atoms with E-state index in [0.717, 1.165) is 25.8 Å². The third-order valence-electron chi connectivity index (χ3n) is 3.55. The number of hydrogen-bond acceptors (Lipinski definition) is 3. The van der Waals surface area contributed by atoms with Gasteiger partial charge in [-0.25, -0.2) is 0 Å². The maximum Gasteiger partial charge on any atom is 0.0695 e. The second-order valence-electron chi connectivity index (χ2n) is 4.73. The first-order chi connectivity index (χ1) is 7.77. The Balaban J connectivity index is 1.80. The van der Waals surface area contributed by atoms with Crippen LogP contribution in [0.25, 0.3) is 0 Å². The van der Waals surface area contributed by atoms with E-state index in [0.29, 0.717) is 6.04 Å². The minimum absolute atomic E-state index is 0.109. The first kappa shape index (κ1) is 12.1. The summed E-state index contributed by atoms with van der Waals surface area (Å²) in [6.45, 7) is 1.06. The van der Waals surface area contributed by atoms with Crippen LogP contribution in [0, 0.1) is 0 Å². The number of likely N-dealkylation sites (N-methyl/N-ethyl adjacent to an activating group) is 1. The largest absolute Gasteiger partial charge is 0.391 e. The van der Waals surface area contributed by atoms with Crippen LogP contribution in [-0.4, -0.2) is 35.7 Å². The Morgan fingerprint density at radius 3 is 2.94 bits per heavy atom. The molecule has 0 aromatic carbocycles. The molecule has 2 unspecified atom stereocenters. The Labute approximate surface area is 102 Å². The summed E-state index contributed by atoms with van der Waals surface area (Å²) in [6.07, 6.45) is 5.59. The minimum atomic E-state index is -0.109. The van der Waals surface area contributed by atoms with Gasteiger partial charge in [0, 0.05) is 17.5 Å². The number of nitrogens with zero attached hydrogens (tertiary/aromatic N) is 1. The Bertz CT molecular complexity index is 299. The average molecular weight is 239 g/mol. The predicted octanol–water partition coefficient (Wildman–Crippen LogP) is 2.53. The van der Waals surface area contributed by atoms with Crippen LogP contribution in [0.3, 0.4) is 0 Å². The fraction of sp³-hybridized carbons (Fsp3) is 0.692. The molecular weight excluding hydrogens is 218 g/mol. The van der Waals surface area contributed by atoms with E-state index in [1.54, 1.807) is 0 Å². The Morgan fingerprint density at radius 2 is 2.25 bits per heavy atom. The van der Waals surface area contributed by atoms with E-state index in [2.05, 4.69) is 29.5 Å². The van der Waals surface area contributed by atoms with Gasteiger partial charge < -0.3 is 10.0 Å². The van der Waals surface area contributed by atoms with E-state index in [-0.39, 0.29) is 6.10 Å². The fourth-order valence-electron chi connectivity index (χ4n) is 2.51. The summed E-state index contributed by atoms with van der Waals surface area (Å²) in [5.74, 6) is 0. The molecule has 16 heavy (non-hydrogen) atoms. The molecule has 90 valence electrons. The van der Waals surface area contributed by atoms with Crippen molar-refractivity contribution in [3.05, 3.63) is 22.4 Å². The van der Waals surface area contributed by atoms with Crippen molar-refractivity contribution in [2.75, 3.05) is 13.6 Å². The summed E-state index contributed by atoms with van der Waals surface area (Å²) in [5.41, 5.74) is 0. The lowest BCUT2D eigenvalue weighted by atomic mass is 9.91. The van der Waals surface area contributed by atoms with Crippen LogP contribution in [-0.2, 0) is 6.42 Å². The molecule has 2 nitrogen and oxygen atoms in total. The first-order valence-electron chi connectivity index (χ1n) is 6.18. The zero-order valence-corrected chi connectivity index (χ0v) is 10.7. The van der Waals surface area contributed by atoms with Crippen LogP contribution in [0.5, 0.6) is 0 Å². The maximum absolute atomic E-state index is 9.96. The molecule has 1 aromatic heterocycles. The molecule has 1 fully saturated rings. The lowest BCUT2D eigenvalue weighted by Gasteiger charge is -2.35. The quantitative estimate of drug-likeness (QED) is 0.873. The van der Waals surface area contributed by atoms with Gasteiger partial charge >= 0.3 is 0 Å². The molecule has 0 radical (unpaired) electrons. The Morgan fingerprint density at radius 1 is 1.44 bits per heavy atom. The summed E-state index contributed by atoms with van der Waals surface area (Å²) >= 11 is 1.82. The van der Waals surface area contributed by atoms with Gasteiger partial charge in [-0.3, -0.25) is 0 Å². The average Bonchev–Trinajstić information content (AvgIpc) is 2.79. The van der Waals surface area contributed by atoms with Crippen molar-refractivity contribution < 1.29 is 5.11 Å². The summed E-state index contributed by atoms with van der Waals surface area (Å²) < 4.78 is 0. The van der Waals surface area contributed by atoms with Crippen LogP contribution < -0.4 is 0 Å². The standard InChI is InChI=1S/C13H21NOS/c1-14(9-8-11-5-4-10-16-11)12-6-2-3-7-13(12)15/h4-5,10,12-13,15H,2-3,6-9H2,1H3. The van der Waals surface area contributed by atoms with E-state index >= 15 is 0 Å². The number of hydrogen-bond donors (Lipinski definition) is 1. The second kappa shape index (κ2) is 5.80. The zero-order valence-electron chi connectivity index (χ0n) is 9.93. The molecule has 1 aliphatic carbocycles. The highest BCUT2D eigenvalue weighted by Crippen LogP contribution is 2.22. The molecule has 1 N–H and O–H groups in total. The third kappa shape index (κ3) is 3.06. The van der Waals surface area contributed by atoms with E-state index in [1.165, 1.54) is 17.7 Å². The highest BCUT2D eigenvalue weighted by Gasteiger charge is 2.26. The maximum atomic E-state index is 9.96. The lowest BCUT2D eigenvalue weighted by Crippen LogP contribution is -2.44. The van der Waals surface area contributed by atoms with Gasteiger partial charge in [0.05, 0.1) is 6.10 Å². The van der Waals surface area contributed by atoms with Gasteiger partial charge in [0.15, 0.2) is 0 Å². The van der Waals surface area contributed by atoms with E-state index < -0.39 is 0 Å². The highest BCUT2D eigenvalue weighted by molar-refractivity contribution is 7.09. The monoisotopic (exact) mass is 239 g/mol. The summed E-state index contributed by atoms with van der Waals surface area (Å²) in [4.78, 5) is 3.78. The second-order valence-corrected chi connectivity index (χ2v) is 5.76. The van der Waals surface area contributed by atoms with Crippen LogP contribution in [0.4, 0.5) is 0 Å². The normalized spacial score (nSPS) is 26.2. The van der Waals surface area contributed by atoms with Crippen LogP contribution in [0.15, 0.2) is 17.5 Å². The SMILES string of the molecule is CN(CCc1cccs1)C1CCCCC1O. The van der Waals surface area contributed by atoms with Gasteiger partial charge in [-0.1, -0.05) is 18.9 Å². The van der Waals surface area contributed by atoms with Gasteiger partial charge in [-0.2, -0.15) is 0 Å². The van der Waals surface area contributed by atoms with E-state index in [4.69, 9.17) is 0 Å². The molecule has 1 aliphatic rings. The summed E-state index contributed by atoms with van der Waals surface area (Å²) in [6, 6.07) is 4.68. The van der Waals surface area contributed by atoms with Crippen molar-refractivity contribution in [3.8, 4) is 0 Å². The molecule has 0 amide bonds. The fourth-order valence-corrected chi connectivity index (χ4v) is 3.21. The van der Waals surface area contributed by atoms with Crippen LogP contribution in [0.2, 0.25) is 0 Å².